The van der Waals surface area contributed by atoms with Crippen molar-refractivity contribution in [3.8, 4) is 5.75 Å². The number of hydrogen-bond acceptors (Lipinski definition) is 4. The normalized spacial score (nSPS) is 12.0. The van der Waals surface area contributed by atoms with Crippen LogP contribution in [0.15, 0.2) is 24.3 Å². The van der Waals surface area contributed by atoms with Crippen molar-refractivity contribution < 1.29 is 14.6 Å². The maximum absolute atomic E-state index is 12.4. The van der Waals surface area contributed by atoms with Crippen molar-refractivity contribution in [2.24, 2.45) is 11.7 Å². The van der Waals surface area contributed by atoms with Gasteiger partial charge in [0.2, 0.25) is 5.91 Å². The van der Waals surface area contributed by atoms with E-state index in [-0.39, 0.29) is 18.4 Å². The lowest BCUT2D eigenvalue weighted by Gasteiger charge is -2.24. The zero-order valence-electron chi connectivity index (χ0n) is 12.9. The fourth-order valence-corrected chi connectivity index (χ4v) is 2.22. The van der Waals surface area contributed by atoms with Gasteiger partial charge in [0.1, 0.15) is 5.75 Å². The van der Waals surface area contributed by atoms with E-state index in [2.05, 4.69) is 0 Å². The molecule has 5 nitrogen and oxygen atoms in total. The van der Waals surface area contributed by atoms with Gasteiger partial charge in [-0.25, -0.2) is 0 Å². The summed E-state index contributed by atoms with van der Waals surface area (Å²) in [5.74, 6) is 0.961. The van der Waals surface area contributed by atoms with Gasteiger partial charge < -0.3 is 20.5 Å². The number of aliphatic hydroxyl groups excluding tert-OH is 1. The molecule has 0 aliphatic rings. The Morgan fingerprint density at radius 2 is 2.14 bits per heavy atom. The molecule has 1 atom stereocenters. The van der Waals surface area contributed by atoms with Crippen molar-refractivity contribution in [3.63, 3.8) is 0 Å². The fraction of sp³-hybridized carbons (Fsp3) is 0.562. The molecule has 21 heavy (non-hydrogen) atoms. The highest BCUT2D eigenvalue weighted by atomic mass is 16.5. The molecule has 3 N–H and O–H groups in total. The van der Waals surface area contributed by atoms with Gasteiger partial charge in [-0.1, -0.05) is 31.5 Å². The third kappa shape index (κ3) is 5.36. The topological polar surface area (TPSA) is 75.8 Å². The van der Waals surface area contributed by atoms with Crippen LogP contribution in [0.25, 0.3) is 0 Å². The molecule has 0 bridgehead atoms. The average molecular weight is 294 g/mol. The minimum atomic E-state index is -0.0553. The Morgan fingerprint density at radius 1 is 1.43 bits per heavy atom. The Bertz CT molecular complexity index is 433. The van der Waals surface area contributed by atoms with E-state index in [4.69, 9.17) is 10.5 Å². The van der Waals surface area contributed by atoms with Crippen LogP contribution in [0.1, 0.15) is 25.3 Å². The first-order valence-corrected chi connectivity index (χ1v) is 7.36. The molecule has 1 aromatic carbocycles. The van der Waals surface area contributed by atoms with E-state index in [1.165, 1.54) is 0 Å². The van der Waals surface area contributed by atoms with Crippen molar-refractivity contribution in [2.75, 3.05) is 26.8 Å². The van der Waals surface area contributed by atoms with Gasteiger partial charge in [-0.3, -0.25) is 4.79 Å². The largest absolute Gasteiger partial charge is 0.496 e. The number of carbonyl (C=O) groups is 1. The number of methoxy groups -OCH3 is 1. The van der Waals surface area contributed by atoms with Gasteiger partial charge in [0.15, 0.2) is 0 Å². The molecule has 0 aliphatic heterocycles. The molecule has 0 aliphatic carbocycles. The monoisotopic (exact) mass is 294 g/mol. The van der Waals surface area contributed by atoms with Crippen LogP contribution in [0, 0.1) is 5.92 Å². The number of ether oxygens (including phenoxy) is 1. The Morgan fingerprint density at radius 3 is 2.71 bits per heavy atom. The zero-order valence-corrected chi connectivity index (χ0v) is 12.9. The van der Waals surface area contributed by atoms with E-state index in [1.54, 1.807) is 12.0 Å². The summed E-state index contributed by atoms with van der Waals surface area (Å²) in [4.78, 5) is 14.0. The van der Waals surface area contributed by atoms with Crippen LogP contribution in [0.3, 0.4) is 0 Å². The van der Waals surface area contributed by atoms with Gasteiger partial charge in [-0.15, -0.1) is 0 Å². The highest BCUT2D eigenvalue weighted by Crippen LogP contribution is 2.20. The second kappa shape index (κ2) is 9.37. The van der Waals surface area contributed by atoms with Crippen LogP contribution in [-0.4, -0.2) is 42.7 Å². The third-order valence-corrected chi connectivity index (χ3v) is 3.65. The number of para-hydroxylation sites is 1. The van der Waals surface area contributed by atoms with Crippen LogP contribution in [0.4, 0.5) is 0 Å². The van der Waals surface area contributed by atoms with E-state index in [1.807, 2.05) is 31.2 Å². The average Bonchev–Trinajstić information content (AvgIpc) is 2.52. The number of hydrogen-bond donors (Lipinski definition) is 2. The summed E-state index contributed by atoms with van der Waals surface area (Å²) in [6.45, 7) is 3.23. The van der Waals surface area contributed by atoms with Crippen LogP contribution in [0.5, 0.6) is 5.75 Å². The number of amides is 1. The Balaban J connectivity index is 2.79. The minimum absolute atomic E-state index is 0.0206. The molecular weight excluding hydrogens is 268 g/mol. The second-order valence-electron chi connectivity index (χ2n) is 5.06. The zero-order chi connectivity index (χ0) is 15.7. The maximum Gasteiger partial charge on any atom is 0.223 e. The van der Waals surface area contributed by atoms with Crippen LogP contribution in [-0.2, 0) is 11.3 Å². The standard InChI is InChI=1S/C16H26N2O3/c1-3-13(11-17)10-16(20)18(8-9-19)12-14-6-4-5-7-15(14)21-2/h4-7,13,19H,3,8-12,17H2,1-2H3. The summed E-state index contributed by atoms with van der Waals surface area (Å²) in [6.07, 6.45) is 1.30. The fourth-order valence-electron chi connectivity index (χ4n) is 2.22. The van der Waals surface area contributed by atoms with Crippen molar-refractivity contribution in [1.29, 1.82) is 0 Å². The molecule has 1 rings (SSSR count). The van der Waals surface area contributed by atoms with Gasteiger partial charge in [0.05, 0.1) is 13.7 Å². The summed E-state index contributed by atoms with van der Waals surface area (Å²) in [5, 5.41) is 9.19. The van der Waals surface area contributed by atoms with E-state index in [0.717, 1.165) is 17.7 Å². The number of aliphatic hydroxyl groups is 1. The molecule has 0 spiro atoms. The van der Waals surface area contributed by atoms with Crippen molar-refractivity contribution in [1.82, 2.24) is 4.90 Å². The van der Waals surface area contributed by atoms with Crippen molar-refractivity contribution >= 4 is 5.91 Å². The lowest BCUT2D eigenvalue weighted by Crippen LogP contribution is -2.35. The molecule has 0 radical (unpaired) electrons. The summed E-state index contributed by atoms with van der Waals surface area (Å²) in [6, 6.07) is 7.60. The molecule has 1 amide bonds. The van der Waals surface area contributed by atoms with Gasteiger partial charge in [-0.05, 0) is 18.5 Å². The summed E-state index contributed by atoms with van der Waals surface area (Å²) in [7, 11) is 1.61. The maximum atomic E-state index is 12.4. The van der Waals surface area contributed by atoms with Gasteiger partial charge >= 0.3 is 0 Å². The van der Waals surface area contributed by atoms with Gasteiger partial charge in [0, 0.05) is 25.1 Å². The van der Waals surface area contributed by atoms with E-state index < -0.39 is 0 Å². The Labute approximate surface area is 126 Å². The Kier molecular flexibility index (Phi) is 7.79. The molecule has 5 heteroatoms. The SMILES string of the molecule is CCC(CN)CC(=O)N(CCO)Cc1ccccc1OC. The third-order valence-electron chi connectivity index (χ3n) is 3.65. The molecule has 0 fully saturated rings. The predicted octanol–water partition coefficient (Wildman–Crippen LogP) is 1.39. The van der Waals surface area contributed by atoms with Crippen molar-refractivity contribution in [3.05, 3.63) is 29.8 Å². The summed E-state index contributed by atoms with van der Waals surface area (Å²) in [5.41, 5.74) is 6.60. The number of benzene rings is 1. The highest BCUT2D eigenvalue weighted by molar-refractivity contribution is 5.76. The number of carbonyl (C=O) groups excluding carboxylic acids is 1. The van der Waals surface area contributed by atoms with Crippen LogP contribution in [0.2, 0.25) is 0 Å². The molecule has 118 valence electrons. The smallest absolute Gasteiger partial charge is 0.223 e. The van der Waals surface area contributed by atoms with E-state index in [0.29, 0.717) is 26.1 Å². The first kappa shape index (κ1) is 17.5. The number of nitrogens with zero attached hydrogens (tertiary/aromatic N) is 1. The summed E-state index contributed by atoms with van der Waals surface area (Å²) >= 11 is 0. The molecule has 1 aromatic rings. The predicted molar refractivity (Wildman–Crippen MR) is 82.9 cm³/mol. The van der Waals surface area contributed by atoms with Gasteiger partial charge in [-0.2, -0.15) is 0 Å². The highest BCUT2D eigenvalue weighted by Gasteiger charge is 2.18. The minimum Gasteiger partial charge on any atom is -0.496 e. The molecular formula is C16H26N2O3. The number of rotatable bonds is 9. The molecule has 0 heterocycles. The first-order chi connectivity index (χ1) is 10.2. The summed E-state index contributed by atoms with van der Waals surface area (Å²) < 4.78 is 5.31. The van der Waals surface area contributed by atoms with Gasteiger partial charge in [0.25, 0.3) is 0 Å². The van der Waals surface area contributed by atoms with Crippen LogP contribution >= 0.6 is 0 Å². The molecule has 0 saturated heterocycles. The second-order valence-corrected chi connectivity index (χ2v) is 5.06. The number of nitrogens with two attached hydrogens (primary N) is 1. The molecule has 1 unspecified atom stereocenters. The van der Waals surface area contributed by atoms with Crippen molar-refractivity contribution in [2.45, 2.75) is 26.3 Å². The lowest BCUT2D eigenvalue weighted by atomic mass is 10.0. The lowest BCUT2D eigenvalue weighted by molar-refractivity contribution is -0.133. The molecule has 0 aromatic heterocycles. The van der Waals surface area contributed by atoms with E-state index >= 15 is 0 Å². The quantitative estimate of drug-likeness (QED) is 0.721. The molecule has 0 saturated carbocycles. The van der Waals surface area contributed by atoms with E-state index in [9.17, 15) is 9.90 Å². The Hall–Kier alpha value is -1.59. The first-order valence-electron chi connectivity index (χ1n) is 7.36. The van der Waals surface area contributed by atoms with Crippen LogP contribution < -0.4 is 10.5 Å².